The van der Waals surface area contributed by atoms with E-state index in [1.807, 2.05) is 0 Å². The van der Waals surface area contributed by atoms with E-state index in [1.54, 1.807) is 12.1 Å². The minimum Gasteiger partial charge on any atom is -0.406 e. The zero-order valence-electron chi connectivity index (χ0n) is 17.0. The summed E-state index contributed by atoms with van der Waals surface area (Å²) in [5, 5.41) is 3.37. The second-order valence-electron chi connectivity index (χ2n) is 8.06. The smallest absolute Gasteiger partial charge is 0.406 e. The third-order valence-electron chi connectivity index (χ3n) is 6.08. The van der Waals surface area contributed by atoms with Crippen LogP contribution in [0.2, 0.25) is 0 Å². The second-order valence-corrected chi connectivity index (χ2v) is 8.06. The Morgan fingerprint density at radius 3 is 2.23 bits per heavy atom. The van der Waals surface area contributed by atoms with E-state index in [1.165, 1.54) is 34.4 Å². The Kier molecular flexibility index (Phi) is 5.20. The molecule has 3 aromatic rings. The highest BCUT2D eigenvalue weighted by Gasteiger charge is 2.31. The van der Waals surface area contributed by atoms with Crippen LogP contribution in [0.5, 0.6) is 5.75 Å². The molecule has 0 spiro atoms. The SMILES string of the molecule is FC(F)(F)Oc1ccc([C@@H](c2ccc3c(c2)Cc2ccccc2-3)N2CCNCC2)cc1. The van der Waals surface area contributed by atoms with Crippen LogP contribution < -0.4 is 10.1 Å². The highest BCUT2D eigenvalue weighted by atomic mass is 19.4. The number of nitrogens with zero attached hydrogens (tertiary/aromatic N) is 1. The molecule has 160 valence electrons. The number of benzene rings is 3. The molecule has 1 fully saturated rings. The van der Waals surface area contributed by atoms with Gasteiger partial charge in [0.25, 0.3) is 0 Å². The molecule has 1 aliphatic carbocycles. The van der Waals surface area contributed by atoms with Crippen molar-refractivity contribution in [3.05, 3.63) is 89.0 Å². The molecule has 2 aliphatic rings. The molecule has 0 amide bonds. The summed E-state index contributed by atoms with van der Waals surface area (Å²) in [6.45, 7) is 3.54. The molecule has 0 aromatic heterocycles. The number of nitrogens with one attached hydrogen (secondary N) is 1. The van der Waals surface area contributed by atoms with Gasteiger partial charge in [0.2, 0.25) is 0 Å². The molecule has 31 heavy (non-hydrogen) atoms. The Balaban J connectivity index is 1.50. The van der Waals surface area contributed by atoms with Gasteiger partial charge >= 0.3 is 6.36 Å². The van der Waals surface area contributed by atoms with Gasteiger partial charge in [-0.15, -0.1) is 13.2 Å². The summed E-state index contributed by atoms with van der Waals surface area (Å²) in [5.41, 5.74) is 7.33. The van der Waals surface area contributed by atoms with Crippen LogP contribution in [0.3, 0.4) is 0 Å². The van der Waals surface area contributed by atoms with E-state index in [-0.39, 0.29) is 11.8 Å². The van der Waals surface area contributed by atoms with Gasteiger partial charge in [-0.05, 0) is 51.9 Å². The number of hydrogen-bond acceptors (Lipinski definition) is 3. The van der Waals surface area contributed by atoms with Crippen LogP contribution in [-0.2, 0) is 6.42 Å². The van der Waals surface area contributed by atoms with E-state index in [2.05, 4.69) is 57.4 Å². The Morgan fingerprint density at radius 1 is 0.806 bits per heavy atom. The Labute approximate surface area is 179 Å². The van der Waals surface area contributed by atoms with Gasteiger partial charge in [0.05, 0.1) is 6.04 Å². The van der Waals surface area contributed by atoms with Crippen LogP contribution >= 0.6 is 0 Å². The highest BCUT2D eigenvalue weighted by molar-refractivity contribution is 5.77. The van der Waals surface area contributed by atoms with Crippen LogP contribution in [0.15, 0.2) is 66.7 Å². The molecule has 0 radical (unpaired) electrons. The molecule has 5 rings (SSSR count). The molecule has 1 atom stereocenters. The van der Waals surface area contributed by atoms with E-state index in [4.69, 9.17) is 0 Å². The predicted octanol–water partition coefficient (Wildman–Crippen LogP) is 5.15. The van der Waals surface area contributed by atoms with E-state index in [9.17, 15) is 13.2 Å². The quantitative estimate of drug-likeness (QED) is 0.490. The molecule has 1 saturated heterocycles. The first-order chi connectivity index (χ1) is 15.0. The fourth-order valence-electron chi connectivity index (χ4n) is 4.74. The molecule has 1 N–H and O–H groups in total. The van der Waals surface area contributed by atoms with E-state index >= 15 is 0 Å². The molecule has 0 bridgehead atoms. The highest BCUT2D eigenvalue weighted by Crippen LogP contribution is 2.39. The van der Waals surface area contributed by atoms with Crippen molar-refractivity contribution < 1.29 is 17.9 Å². The Morgan fingerprint density at radius 2 is 1.48 bits per heavy atom. The van der Waals surface area contributed by atoms with Crippen molar-refractivity contribution in [1.29, 1.82) is 0 Å². The zero-order chi connectivity index (χ0) is 21.4. The average molecular weight is 424 g/mol. The number of halogens is 3. The van der Waals surface area contributed by atoms with E-state index in [0.29, 0.717) is 0 Å². The van der Waals surface area contributed by atoms with Crippen LogP contribution in [0, 0.1) is 0 Å². The third kappa shape index (κ3) is 4.18. The molecule has 1 aliphatic heterocycles. The normalized spacial score (nSPS) is 17.1. The van der Waals surface area contributed by atoms with E-state index < -0.39 is 6.36 Å². The summed E-state index contributed by atoms with van der Waals surface area (Å²) in [6.07, 6.45) is -3.78. The number of piperazine rings is 1. The minimum atomic E-state index is -4.69. The first-order valence-corrected chi connectivity index (χ1v) is 10.5. The maximum absolute atomic E-state index is 12.6. The van der Waals surface area contributed by atoms with Crippen LogP contribution in [0.25, 0.3) is 11.1 Å². The van der Waals surface area contributed by atoms with Gasteiger partial charge < -0.3 is 10.1 Å². The maximum Gasteiger partial charge on any atom is 0.573 e. The molecule has 1 heterocycles. The standard InChI is InChI=1S/C25H23F3N2O/c26-25(27,28)31-21-8-5-17(6-9-21)24(30-13-11-29-12-14-30)19-7-10-23-20(16-19)15-18-3-1-2-4-22(18)23/h1-10,16,24,29H,11-15H2/t24-/m0/s1. The maximum atomic E-state index is 12.6. The van der Waals surface area contributed by atoms with Crippen molar-refractivity contribution in [1.82, 2.24) is 10.2 Å². The van der Waals surface area contributed by atoms with Gasteiger partial charge in [-0.25, -0.2) is 0 Å². The van der Waals surface area contributed by atoms with Gasteiger partial charge in [-0.1, -0.05) is 54.6 Å². The predicted molar refractivity (Wildman–Crippen MR) is 114 cm³/mol. The molecule has 3 nitrogen and oxygen atoms in total. The molecule has 6 heteroatoms. The fourth-order valence-corrected chi connectivity index (χ4v) is 4.74. The Hall–Kier alpha value is -2.83. The minimum absolute atomic E-state index is 0.0175. The zero-order valence-corrected chi connectivity index (χ0v) is 17.0. The Bertz CT molecular complexity index is 1070. The van der Waals surface area contributed by atoms with Gasteiger partial charge in [-0.3, -0.25) is 4.90 Å². The molecular weight excluding hydrogens is 401 g/mol. The van der Waals surface area contributed by atoms with Gasteiger partial charge in [0, 0.05) is 26.2 Å². The van der Waals surface area contributed by atoms with Crippen LogP contribution in [-0.4, -0.2) is 37.4 Å². The number of rotatable bonds is 4. The first-order valence-electron chi connectivity index (χ1n) is 10.5. The summed E-state index contributed by atoms with van der Waals surface area (Å²) < 4.78 is 41.7. The van der Waals surface area contributed by atoms with Crippen molar-refractivity contribution in [2.45, 2.75) is 18.8 Å². The molecular formula is C25H23F3N2O. The second kappa shape index (κ2) is 8.02. The van der Waals surface area contributed by atoms with Crippen molar-refractivity contribution >= 4 is 0 Å². The summed E-state index contributed by atoms with van der Waals surface area (Å²) >= 11 is 0. The monoisotopic (exact) mass is 424 g/mol. The fraction of sp³-hybridized carbons (Fsp3) is 0.280. The van der Waals surface area contributed by atoms with Gasteiger partial charge in [0.1, 0.15) is 5.75 Å². The lowest BCUT2D eigenvalue weighted by Gasteiger charge is -2.36. The summed E-state index contributed by atoms with van der Waals surface area (Å²) in [4.78, 5) is 2.39. The molecule has 3 aromatic carbocycles. The topological polar surface area (TPSA) is 24.5 Å². The average Bonchev–Trinajstić information content (AvgIpc) is 3.13. The number of alkyl halides is 3. The van der Waals surface area contributed by atoms with Crippen molar-refractivity contribution in [2.75, 3.05) is 26.2 Å². The summed E-state index contributed by atoms with van der Waals surface area (Å²) in [5.74, 6) is -0.195. The number of hydrogen-bond donors (Lipinski definition) is 1. The molecule has 0 unspecified atom stereocenters. The number of fused-ring (bicyclic) bond motifs is 3. The largest absolute Gasteiger partial charge is 0.573 e. The van der Waals surface area contributed by atoms with Gasteiger partial charge in [-0.2, -0.15) is 0 Å². The van der Waals surface area contributed by atoms with Crippen molar-refractivity contribution in [3.63, 3.8) is 0 Å². The first kappa shape index (κ1) is 20.1. The van der Waals surface area contributed by atoms with Crippen LogP contribution in [0.1, 0.15) is 28.3 Å². The summed E-state index contributed by atoms with van der Waals surface area (Å²) in [7, 11) is 0. The van der Waals surface area contributed by atoms with Gasteiger partial charge in [0.15, 0.2) is 0 Å². The van der Waals surface area contributed by atoms with E-state index in [0.717, 1.165) is 43.7 Å². The number of ether oxygens (including phenoxy) is 1. The third-order valence-corrected chi connectivity index (χ3v) is 6.08. The molecule has 0 saturated carbocycles. The lowest BCUT2D eigenvalue weighted by molar-refractivity contribution is -0.274. The van der Waals surface area contributed by atoms with Crippen LogP contribution in [0.4, 0.5) is 13.2 Å². The lowest BCUT2D eigenvalue weighted by atomic mass is 9.93. The summed E-state index contributed by atoms with van der Waals surface area (Å²) in [6, 6.07) is 21.4. The van der Waals surface area contributed by atoms with Crippen molar-refractivity contribution in [3.8, 4) is 16.9 Å². The lowest BCUT2D eigenvalue weighted by Crippen LogP contribution is -2.45. The van der Waals surface area contributed by atoms with Crippen molar-refractivity contribution in [2.24, 2.45) is 0 Å².